The average molecular weight is 244 g/mol. The van der Waals surface area contributed by atoms with Gasteiger partial charge in [0.15, 0.2) is 0 Å². The molecule has 0 rings (SSSR count). The van der Waals surface area contributed by atoms with E-state index >= 15 is 0 Å². The third-order valence-corrected chi connectivity index (χ3v) is 5.95. The van der Waals surface area contributed by atoms with Gasteiger partial charge < -0.3 is 0 Å². The van der Waals surface area contributed by atoms with E-state index in [-0.39, 0.29) is 15.4 Å². The molecule has 0 saturated heterocycles. The average Bonchev–Trinajstić information content (AvgIpc) is 2.16. The molecule has 1 heteroatoms. The molecule has 79 valence electrons. The van der Waals surface area contributed by atoms with Gasteiger partial charge in [-0.15, -0.1) is 0 Å². The van der Waals surface area contributed by atoms with E-state index in [2.05, 4.69) is 13.8 Å². The van der Waals surface area contributed by atoms with Crippen LogP contribution in [0.5, 0.6) is 0 Å². The third kappa shape index (κ3) is 12.5. The van der Waals surface area contributed by atoms with E-state index < -0.39 is 0 Å². The van der Waals surface area contributed by atoms with Crippen molar-refractivity contribution in [2.45, 2.75) is 75.7 Å². The molecule has 0 bridgehead atoms. The van der Waals surface area contributed by atoms with Crippen molar-refractivity contribution in [2.75, 3.05) is 0 Å². The Hall–Kier alpha value is 0.543. The molecule has 0 aromatic carbocycles. The predicted octanol–water partition coefficient (Wildman–Crippen LogP) is 4.42. The summed E-state index contributed by atoms with van der Waals surface area (Å²) in [6.07, 6.45) is 11.8. The van der Waals surface area contributed by atoms with E-state index in [1.807, 2.05) is 0 Å². The van der Waals surface area contributed by atoms with Crippen LogP contribution in [0, 0.1) is 0 Å². The summed E-state index contributed by atoms with van der Waals surface area (Å²) >= 11 is 0.215. The molecule has 0 atom stereocenters. The van der Waals surface area contributed by atoms with Gasteiger partial charge in [0.2, 0.25) is 0 Å². The van der Waals surface area contributed by atoms with Crippen molar-refractivity contribution in [2.24, 2.45) is 0 Å². The summed E-state index contributed by atoms with van der Waals surface area (Å²) in [5.74, 6) is 0. The normalized spacial score (nSPS) is 10.6. The molecule has 0 aliphatic rings. The van der Waals surface area contributed by atoms with Crippen molar-refractivity contribution in [3.63, 3.8) is 0 Å². The van der Waals surface area contributed by atoms with Gasteiger partial charge in [-0.05, 0) is 0 Å². The molecule has 0 aliphatic carbocycles. The van der Waals surface area contributed by atoms with Gasteiger partial charge in [-0.3, -0.25) is 0 Å². The fourth-order valence-corrected chi connectivity index (χ4v) is 4.60. The summed E-state index contributed by atoms with van der Waals surface area (Å²) in [4.78, 5) is 0. The zero-order chi connectivity index (χ0) is 9.78. The molecule has 0 aromatic rings. The Bertz CT molecular complexity index is 71.2. The molecule has 0 nitrogen and oxygen atoms in total. The zero-order valence-electron chi connectivity index (χ0n) is 9.65. The molecule has 0 amide bonds. The minimum absolute atomic E-state index is 0.215. The van der Waals surface area contributed by atoms with Crippen molar-refractivity contribution >= 4 is 15.4 Å². The summed E-state index contributed by atoms with van der Waals surface area (Å²) in [5, 5.41) is 3.27. The Morgan fingerprint density at radius 3 is 1.46 bits per heavy atom. The number of hydrogen-bond donors (Lipinski definition) is 0. The Labute approximate surface area is 91.4 Å². The molecule has 13 heavy (non-hydrogen) atoms. The molecule has 0 saturated carbocycles. The van der Waals surface area contributed by atoms with Crippen molar-refractivity contribution in [1.29, 1.82) is 0 Å². The first kappa shape index (κ1) is 13.5. The second kappa shape index (κ2) is 12.5. The second-order valence-corrected chi connectivity index (χ2v) is 7.62. The van der Waals surface area contributed by atoms with E-state index in [1.54, 1.807) is 23.3 Å². The summed E-state index contributed by atoms with van der Waals surface area (Å²) < 4.78 is 0. The van der Waals surface area contributed by atoms with Crippen molar-refractivity contribution in [1.82, 2.24) is 0 Å². The van der Waals surface area contributed by atoms with Crippen LogP contribution in [0.15, 0.2) is 0 Å². The van der Waals surface area contributed by atoms with Crippen LogP contribution >= 0.6 is 0 Å². The minimum atomic E-state index is 0.215. The summed E-state index contributed by atoms with van der Waals surface area (Å²) in [7, 11) is 0. The van der Waals surface area contributed by atoms with Crippen LogP contribution in [0.1, 0.15) is 65.2 Å². The topological polar surface area (TPSA) is 0 Å². The Balaban J connectivity index is 2.76. The first-order valence-corrected chi connectivity index (χ1v) is 9.66. The number of rotatable bonds is 10. The maximum absolute atomic E-state index is 2.30. The van der Waals surface area contributed by atoms with E-state index in [1.165, 1.54) is 38.5 Å². The second-order valence-electron chi connectivity index (χ2n) is 3.99. The standard InChI is InChI=1S/C12H27Ge/c1-3-5-7-9-11-13-12-10-8-6-4-2/h13H,3-12H2,1-2H3. The number of hydrogen-bond acceptors (Lipinski definition) is 0. The molecular weight excluding hydrogens is 217 g/mol. The van der Waals surface area contributed by atoms with Gasteiger partial charge in [0.05, 0.1) is 0 Å². The van der Waals surface area contributed by atoms with Gasteiger partial charge in [-0.25, -0.2) is 0 Å². The molecule has 0 aliphatic heterocycles. The molecule has 0 aromatic heterocycles. The monoisotopic (exact) mass is 245 g/mol. The molecule has 0 heterocycles. The van der Waals surface area contributed by atoms with Gasteiger partial charge in [0.25, 0.3) is 0 Å². The van der Waals surface area contributed by atoms with Crippen LogP contribution in [0.3, 0.4) is 0 Å². The number of unbranched alkanes of at least 4 members (excludes halogenated alkanes) is 6. The van der Waals surface area contributed by atoms with Crippen molar-refractivity contribution in [3.8, 4) is 0 Å². The predicted molar refractivity (Wildman–Crippen MR) is 65.0 cm³/mol. The van der Waals surface area contributed by atoms with E-state index in [0.717, 1.165) is 0 Å². The van der Waals surface area contributed by atoms with Gasteiger partial charge in [0, 0.05) is 0 Å². The van der Waals surface area contributed by atoms with E-state index in [0.29, 0.717) is 0 Å². The van der Waals surface area contributed by atoms with Crippen LogP contribution in [0.4, 0.5) is 0 Å². The van der Waals surface area contributed by atoms with E-state index in [9.17, 15) is 0 Å². The van der Waals surface area contributed by atoms with Crippen molar-refractivity contribution in [3.05, 3.63) is 0 Å². The van der Waals surface area contributed by atoms with Gasteiger partial charge in [-0.1, -0.05) is 0 Å². The summed E-state index contributed by atoms with van der Waals surface area (Å²) in [5.41, 5.74) is 0. The van der Waals surface area contributed by atoms with Crippen LogP contribution < -0.4 is 0 Å². The summed E-state index contributed by atoms with van der Waals surface area (Å²) in [6, 6.07) is 0. The van der Waals surface area contributed by atoms with E-state index in [4.69, 9.17) is 0 Å². The maximum atomic E-state index is 2.30. The first-order chi connectivity index (χ1) is 6.41. The zero-order valence-corrected chi connectivity index (χ0v) is 12.1. The molecule has 1 radical (unpaired) electrons. The third-order valence-electron chi connectivity index (χ3n) is 2.52. The van der Waals surface area contributed by atoms with Crippen LogP contribution in [0.25, 0.3) is 0 Å². The Morgan fingerprint density at radius 2 is 1.08 bits per heavy atom. The molecule has 0 fully saturated rings. The Morgan fingerprint density at radius 1 is 0.615 bits per heavy atom. The molecular formula is C12H27Ge. The fraction of sp³-hybridized carbons (Fsp3) is 1.00. The summed E-state index contributed by atoms with van der Waals surface area (Å²) in [6.45, 7) is 4.59. The van der Waals surface area contributed by atoms with Gasteiger partial charge in [0.1, 0.15) is 0 Å². The quantitative estimate of drug-likeness (QED) is 0.394. The fourth-order valence-electron chi connectivity index (χ4n) is 1.58. The van der Waals surface area contributed by atoms with Crippen LogP contribution in [-0.2, 0) is 0 Å². The first-order valence-electron chi connectivity index (χ1n) is 6.23. The Kier molecular flexibility index (Phi) is 13.1. The SMILES string of the molecule is CCCCC[CH2][GeH][CH2]CCCCC. The molecule has 0 N–H and O–H groups in total. The molecule has 0 unspecified atom stereocenters. The van der Waals surface area contributed by atoms with Gasteiger partial charge in [-0.2, -0.15) is 0 Å². The van der Waals surface area contributed by atoms with Crippen molar-refractivity contribution < 1.29 is 0 Å². The van der Waals surface area contributed by atoms with Crippen LogP contribution in [-0.4, -0.2) is 15.4 Å². The van der Waals surface area contributed by atoms with Gasteiger partial charge >= 0.3 is 91.2 Å². The molecule has 0 spiro atoms. The van der Waals surface area contributed by atoms with Crippen LogP contribution in [0.2, 0.25) is 10.5 Å².